The van der Waals surface area contributed by atoms with Crippen LogP contribution >= 0.6 is 0 Å². The first-order chi connectivity index (χ1) is 9.67. The fourth-order valence-electron chi connectivity index (χ4n) is 1.75. The zero-order valence-electron chi connectivity index (χ0n) is 11.5. The van der Waals surface area contributed by atoms with Gasteiger partial charge in [0.15, 0.2) is 0 Å². The number of nitrogens with one attached hydrogen (secondary N) is 1. The molecule has 20 heavy (non-hydrogen) atoms. The molecule has 0 bridgehead atoms. The van der Waals surface area contributed by atoms with Crippen molar-refractivity contribution in [3.8, 4) is 5.75 Å². The first kappa shape index (κ1) is 16.4. The molecule has 0 aromatic heterocycles. The second-order valence-corrected chi connectivity index (χ2v) is 4.30. The maximum absolute atomic E-state index is 10.8. The average Bonchev–Trinajstić information content (AvgIpc) is 2.44. The average molecular weight is 283 g/mol. The van der Waals surface area contributed by atoms with E-state index in [1.165, 1.54) is 12.1 Å². The molecular formula is C14H21NO5. The van der Waals surface area contributed by atoms with Crippen LogP contribution in [0.3, 0.4) is 0 Å². The minimum absolute atomic E-state index is 0.0824. The van der Waals surface area contributed by atoms with E-state index in [1.807, 2.05) is 0 Å². The van der Waals surface area contributed by atoms with Crippen LogP contribution in [0.1, 0.15) is 16.8 Å². The summed E-state index contributed by atoms with van der Waals surface area (Å²) in [5, 5.41) is 21.0. The second kappa shape index (κ2) is 9.30. The number of benzene rings is 1. The molecule has 0 fully saturated rings. The third-order valence-electron chi connectivity index (χ3n) is 2.73. The van der Waals surface area contributed by atoms with Gasteiger partial charge in [0.2, 0.25) is 0 Å². The number of carbonyl (C=O) groups is 1. The van der Waals surface area contributed by atoms with Gasteiger partial charge >= 0.3 is 5.97 Å². The molecule has 1 rings (SSSR count). The molecule has 112 valence electrons. The third kappa shape index (κ3) is 6.01. The summed E-state index contributed by atoms with van der Waals surface area (Å²) in [4.78, 5) is 10.8. The van der Waals surface area contributed by atoms with Crippen LogP contribution in [0.2, 0.25) is 0 Å². The van der Waals surface area contributed by atoms with Crippen LogP contribution in [0.4, 0.5) is 0 Å². The smallest absolute Gasteiger partial charge is 0.335 e. The normalized spacial score (nSPS) is 12.1. The summed E-state index contributed by atoms with van der Waals surface area (Å²) in [6.45, 7) is 1.62. The van der Waals surface area contributed by atoms with E-state index in [2.05, 4.69) is 5.32 Å². The van der Waals surface area contributed by atoms with Gasteiger partial charge in [0.1, 0.15) is 12.4 Å². The first-order valence-corrected chi connectivity index (χ1v) is 6.46. The molecule has 0 saturated heterocycles. The van der Waals surface area contributed by atoms with E-state index in [4.69, 9.17) is 19.7 Å². The summed E-state index contributed by atoms with van der Waals surface area (Å²) in [6, 6.07) is 6.45. The predicted molar refractivity (Wildman–Crippen MR) is 74.3 cm³/mol. The fraction of sp³-hybridized carbons (Fsp3) is 0.500. The summed E-state index contributed by atoms with van der Waals surface area (Å²) < 4.78 is 10.5. The summed E-state index contributed by atoms with van der Waals surface area (Å²) in [5.41, 5.74) is 0.202. The number of carboxylic acids is 1. The molecule has 0 radical (unpaired) electrons. The predicted octanol–water partition coefficient (Wildman–Crippen LogP) is 0.751. The van der Waals surface area contributed by atoms with E-state index in [9.17, 15) is 4.79 Å². The number of hydrogen-bond donors (Lipinski definition) is 3. The Balaban J connectivity index is 2.33. The number of aliphatic hydroxyl groups excluding tert-OH is 1. The maximum atomic E-state index is 10.8. The number of rotatable bonds is 10. The number of ether oxygens (including phenoxy) is 2. The Morgan fingerprint density at radius 1 is 1.45 bits per heavy atom. The van der Waals surface area contributed by atoms with Gasteiger partial charge in [0.05, 0.1) is 12.2 Å². The monoisotopic (exact) mass is 283 g/mol. The number of aromatic carboxylic acids is 1. The van der Waals surface area contributed by atoms with E-state index in [1.54, 1.807) is 19.2 Å². The molecule has 0 aliphatic heterocycles. The van der Waals surface area contributed by atoms with Crippen LogP contribution in [0.15, 0.2) is 24.3 Å². The lowest BCUT2D eigenvalue weighted by molar-refractivity contribution is 0.0696. The number of carboxylic acid groups (broad SMARTS) is 1. The summed E-state index contributed by atoms with van der Waals surface area (Å²) in [7, 11) is 1.61. The van der Waals surface area contributed by atoms with Gasteiger partial charge in [-0.05, 0) is 24.6 Å². The van der Waals surface area contributed by atoms with Gasteiger partial charge in [-0.2, -0.15) is 0 Å². The standard InChI is InChI=1S/C14H21NO5/c1-19-10-12(5-7-16)15-6-8-20-13-4-2-3-11(9-13)14(17)18/h2-4,9,12,15-16H,5-8,10H2,1H3,(H,17,18). The van der Waals surface area contributed by atoms with E-state index < -0.39 is 5.97 Å². The van der Waals surface area contributed by atoms with Crippen molar-refractivity contribution in [1.29, 1.82) is 0 Å². The Morgan fingerprint density at radius 3 is 2.90 bits per heavy atom. The highest BCUT2D eigenvalue weighted by molar-refractivity contribution is 5.87. The second-order valence-electron chi connectivity index (χ2n) is 4.30. The molecule has 0 aliphatic carbocycles. The third-order valence-corrected chi connectivity index (χ3v) is 2.73. The van der Waals surface area contributed by atoms with Crippen molar-refractivity contribution >= 4 is 5.97 Å². The Kier molecular flexibility index (Phi) is 7.64. The molecule has 1 unspecified atom stereocenters. The van der Waals surface area contributed by atoms with Gasteiger partial charge in [-0.25, -0.2) is 4.79 Å². The molecule has 0 spiro atoms. The highest BCUT2D eigenvalue weighted by Crippen LogP contribution is 2.12. The minimum atomic E-state index is -0.975. The fourth-order valence-corrected chi connectivity index (χ4v) is 1.75. The molecule has 0 aliphatic rings. The van der Waals surface area contributed by atoms with E-state index in [-0.39, 0.29) is 18.2 Å². The van der Waals surface area contributed by atoms with Crippen LogP contribution in [-0.4, -0.2) is 55.7 Å². The van der Waals surface area contributed by atoms with Crippen molar-refractivity contribution in [1.82, 2.24) is 5.32 Å². The molecule has 1 atom stereocenters. The lowest BCUT2D eigenvalue weighted by Gasteiger charge is -2.17. The Labute approximate surface area is 118 Å². The lowest BCUT2D eigenvalue weighted by atomic mass is 10.2. The molecule has 6 nitrogen and oxygen atoms in total. The van der Waals surface area contributed by atoms with Gasteiger partial charge < -0.3 is 25.0 Å². The molecular weight excluding hydrogens is 262 g/mol. The van der Waals surface area contributed by atoms with Gasteiger partial charge in [0, 0.05) is 26.3 Å². The Morgan fingerprint density at radius 2 is 2.25 bits per heavy atom. The highest BCUT2D eigenvalue weighted by atomic mass is 16.5. The number of aliphatic hydroxyl groups is 1. The molecule has 1 aromatic carbocycles. The number of hydrogen-bond acceptors (Lipinski definition) is 5. The molecule has 0 saturated carbocycles. The quantitative estimate of drug-likeness (QED) is 0.549. The minimum Gasteiger partial charge on any atom is -0.492 e. The van der Waals surface area contributed by atoms with Crippen LogP contribution in [0.5, 0.6) is 5.75 Å². The van der Waals surface area contributed by atoms with Crippen molar-refractivity contribution in [2.45, 2.75) is 12.5 Å². The lowest BCUT2D eigenvalue weighted by Crippen LogP contribution is -2.36. The van der Waals surface area contributed by atoms with Gasteiger partial charge in [-0.3, -0.25) is 0 Å². The zero-order valence-corrected chi connectivity index (χ0v) is 11.5. The summed E-state index contributed by atoms with van der Waals surface area (Å²) >= 11 is 0. The largest absolute Gasteiger partial charge is 0.492 e. The molecule has 6 heteroatoms. The Bertz CT molecular complexity index is 404. The van der Waals surface area contributed by atoms with Crippen LogP contribution in [-0.2, 0) is 4.74 Å². The highest BCUT2D eigenvalue weighted by Gasteiger charge is 2.07. The molecule has 0 heterocycles. The van der Waals surface area contributed by atoms with E-state index in [0.29, 0.717) is 31.9 Å². The van der Waals surface area contributed by atoms with Crippen molar-refractivity contribution < 1.29 is 24.5 Å². The Hall–Kier alpha value is -1.63. The van der Waals surface area contributed by atoms with Crippen LogP contribution < -0.4 is 10.1 Å². The topological polar surface area (TPSA) is 88.0 Å². The van der Waals surface area contributed by atoms with Crippen LogP contribution in [0, 0.1) is 0 Å². The van der Waals surface area contributed by atoms with Gasteiger partial charge in [-0.1, -0.05) is 6.07 Å². The van der Waals surface area contributed by atoms with Gasteiger partial charge in [0.25, 0.3) is 0 Å². The van der Waals surface area contributed by atoms with E-state index in [0.717, 1.165) is 0 Å². The van der Waals surface area contributed by atoms with Crippen LogP contribution in [0.25, 0.3) is 0 Å². The van der Waals surface area contributed by atoms with Crippen molar-refractivity contribution in [3.63, 3.8) is 0 Å². The SMILES string of the molecule is COCC(CCO)NCCOc1cccc(C(=O)O)c1. The molecule has 3 N–H and O–H groups in total. The van der Waals surface area contributed by atoms with Gasteiger partial charge in [-0.15, -0.1) is 0 Å². The maximum Gasteiger partial charge on any atom is 0.335 e. The molecule has 1 aromatic rings. The van der Waals surface area contributed by atoms with Crippen molar-refractivity contribution in [2.24, 2.45) is 0 Å². The summed E-state index contributed by atoms with van der Waals surface area (Å²) in [6.07, 6.45) is 0.613. The number of methoxy groups -OCH3 is 1. The summed E-state index contributed by atoms with van der Waals surface area (Å²) in [5.74, 6) is -0.450. The van der Waals surface area contributed by atoms with Crippen molar-refractivity contribution in [2.75, 3.05) is 33.5 Å². The van der Waals surface area contributed by atoms with Crippen molar-refractivity contribution in [3.05, 3.63) is 29.8 Å². The molecule has 0 amide bonds. The first-order valence-electron chi connectivity index (χ1n) is 6.46. The zero-order chi connectivity index (χ0) is 14.8. The van der Waals surface area contributed by atoms with E-state index >= 15 is 0 Å².